The number of hydrogen-bond acceptors (Lipinski definition) is 7. The lowest BCUT2D eigenvalue weighted by atomic mass is 9.76. The van der Waals surface area contributed by atoms with Crippen molar-refractivity contribution in [1.29, 1.82) is 0 Å². The molecule has 2 saturated heterocycles. The van der Waals surface area contributed by atoms with Crippen molar-refractivity contribution in [2.24, 2.45) is 46.2 Å². The molecule has 6 atom stereocenters. The van der Waals surface area contributed by atoms with E-state index in [2.05, 4.69) is 13.8 Å². The normalized spacial score (nSPS) is 29.2. The second-order valence-corrected chi connectivity index (χ2v) is 17.9. The summed E-state index contributed by atoms with van der Waals surface area (Å²) in [6.07, 6.45) is 8.61. The van der Waals surface area contributed by atoms with E-state index in [-0.39, 0.29) is 71.9 Å². The fraction of sp³-hybridized carbons (Fsp3) is 0.853. The number of amides is 2. The van der Waals surface area contributed by atoms with Gasteiger partial charge in [0.1, 0.15) is 5.78 Å². The van der Waals surface area contributed by atoms with Crippen molar-refractivity contribution in [3.63, 3.8) is 0 Å². The minimum Gasteiger partial charge on any atom is -0.363 e. The SMILES string of the molecule is CN(C[C@@H](CC(=O)C[C@H]1CCCCCCCCC[C@@H](C(=O)C(N)=O)CC(=O)[C@@H]2[C@@H]3[C@H](CN2C1=O)C3(C)C)C(C)(C)C)S(C)(=O)=O. The predicted octanol–water partition coefficient (Wildman–Crippen LogP) is 4.14. The van der Waals surface area contributed by atoms with Crippen molar-refractivity contribution in [2.75, 3.05) is 26.4 Å². The first-order chi connectivity index (χ1) is 20.8. The number of ketones is 3. The summed E-state index contributed by atoms with van der Waals surface area (Å²) in [5, 5.41) is 0. The number of sulfonamides is 1. The van der Waals surface area contributed by atoms with Gasteiger partial charge in [0.25, 0.3) is 5.91 Å². The first kappa shape index (κ1) is 37.3. The molecular formula is C34H57N3O7S. The summed E-state index contributed by atoms with van der Waals surface area (Å²) in [5.74, 6) is -3.66. The van der Waals surface area contributed by atoms with Crippen LogP contribution in [0.4, 0.5) is 0 Å². The van der Waals surface area contributed by atoms with E-state index in [9.17, 15) is 32.4 Å². The van der Waals surface area contributed by atoms with Crippen LogP contribution in [0, 0.1) is 40.4 Å². The zero-order chi connectivity index (χ0) is 33.9. The van der Waals surface area contributed by atoms with Crippen LogP contribution in [0.15, 0.2) is 0 Å². The largest absolute Gasteiger partial charge is 0.363 e. The van der Waals surface area contributed by atoms with Crippen LogP contribution in [0.3, 0.4) is 0 Å². The Hall–Kier alpha value is -2.14. The molecule has 1 saturated carbocycles. The second-order valence-electron chi connectivity index (χ2n) is 15.8. The number of carbonyl (C=O) groups excluding carboxylic acids is 5. The maximum absolute atomic E-state index is 14.3. The topological polar surface area (TPSA) is 152 Å². The molecule has 0 aromatic carbocycles. The van der Waals surface area contributed by atoms with Crippen LogP contribution < -0.4 is 5.73 Å². The Bertz CT molecular complexity index is 1240. The van der Waals surface area contributed by atoms with E-state index in [1.807, 2.05) is 20.8 Å². The minimum atomic E-state index is -3.42. The first-order valence-corrected chi connectivity index (χ1v) is 18.7. The van der Waals surface area contributed by atoms with Crippen LogP contribution in [0.25, 0.3) is 0 Å². The standard InChI is InChI=1S/C34H57N3O7S/c1-33(2,3)24(20-36(6)45(7,43)44)19-25(38)17-23-16-14-12-10-8-9-11-13-15-22(30(40)31(35)41)18-27(39)29-28-26(34(28,4)5)21-37(29)32(23)42/h22-24,26,28-29H,8-21H2,1-7H3,(H2,35,41)/t22-,23-,24-,26+,28+,29-/m1/s1. The van der Waals surface area contributed by atoms with Gasteiger partial charge in [0.05, 0.1) is 12.3 Å². The Morgan fingerprint density at radius 3 is 2.09 bits per heavy atom. The summed E-state index contributed by atoms with van der Waals surface area (Å²) in [7, 11) is -1.90. The number of nitrogens with two attached hydrogens (primary N) is 1. The Balaban J connectivity index is 1.86. The zero-order valence-corrected chi connectivity index (χ0v) is 29.4. The monoisotopic (exact) mass is 651 g/mol. The van der Waals surface area contributed by atoms with E-state index in [1.54, 1.807) is 4.90 Å². The van der Waals surface area contributed by atoms with Gasteiger partial charge in [-0.3, -0.25) is 24.0 Å². The van der Waals surface area contributed by atoms with Crippen molar-refractivity contribution in [3.8, 4) is 0 Å². The summed E-state index contributed by atoms with van der Waals surface area (Å²) in [5.41, 5.74) is 4.91. The predicted molar refractivity (Wildman–Crippen MR) is 173 cm³/mol. The maximum Gasteiger partial charge on any atom is 0.285 e. The fourth-order valence-electron chi connectivity index (χ4n) is 7.71. The molecule has 2 heterocycles. The van der Waals surface area contributed by atoms with Gasteiger partial charge in [0.15, 0.2) is 5.78 Å². The number of nitrogens with zero attached hydrogens (tertiary/aromatic N) is 2. The quantitative estimate of drug-likeness (QED) is 0.368. The van der Waals surface area contributed by atoms with Crippen LogP contribution in [0.2, 0.25) is 0 Å². The molecule has 1 aliphatic carbocycles. The average Bonchev–Trinajstić information content (AvgIpc) is 3.24. The molecule has 256 valence electrons. The highest BCUT2D eigenvalue weighted by Crippen LogP contribution is 2.65. The van der Waals surface area contributed by atoms with Crippen LogP contribution in [0.1, 0.15) is 112 Å². The minimum absolute atomic E-state index is 0.0229. The summed E-state index contributed by atoms with van der Waals surface area (Å²) in [6, 6.07) is -0.683. The van der Waals surface area contributed by atoms with Crippen molar-refractivity contribution >= 4 is 39.2 Å². The van der Waals surface area contributed by atoms with E-state index >= 15 is 0 Å². The summed E-state index contributed by atoms with van der Waals surface area (Å²) < 4.78 is 25.5. The maximum atomic E-state index is 14.3. The highest BCUT2D eigenvalue weighted by Gasteiger charge is 2.69. The van der Waals surface area contributed by atoms with E-state index < -0.39 is 39.6 Å². The van der Waals surface area contributed by atoms with Crippen LogP contribution in [-0.4, -0.2) is 79.2 Å². The third-order valence-electron chi connectivity index (χ3n) is 11.1. The summed E-state index contributed by atoms with van der Waals surface area (Å²) in [6.45, 7) is 10.8. The lowest BCUT2D eigenvalue weighted by molar-refractivity contribution is -0.145. The van der Waals surface area contributed by atoms with Crippen LogP contribution in [-0.2, 0) is 34.0 Å². The fourth-order valence-corrected chi connectivity index (χ4v) is 8.16. The Labute approximate surface area is 270 Å². The Morgan fingerprint density at radius 1 is 1.00 bits per heavy atom. The number of hydrogen-bond donors (Lipinski definition) is 1. The highest BCUT2D eigenvalue weighted by atomic mass is 32.2. The molecule has 0 aromatic heterocycles. The molecule has 2 N–H and O–H groups in total. The number of piperidine rings is 1. The lowest BCUT2D eigenvalue weighted by Crippen LogP contribution is -2.49. The van der Waals surface area contributed by atoms with Crippen LogP contribution in [0.5, 0.6) is 0 Å². The number of Topliss-reactive ketones (excluding diaryl/α,β-unsaturated/α-hetero) is 3. The molecule has 2 amide bonds. The van der Waals surface area contributed by atoms with Gasteiger partial charge in [-0.1, -0.05) is 79.6 Å². The molecule has 2 aliphatic heterocycles. The van der Waals surface area contributed by atoms with E-state index in [0.29, 0.717) is 19.4 Å². The van der Waals surface area contributed by atoms with Crippen molar-refractivity contribution in [3.05, 3.63) is 0 Å². The average molecular weight is 652 g/mol. The van der Waals surface area contributed by atoms with Gasteiger partial charge in [-0.25, -0.2) is 12.7 Å². The molecule has 3 fully saturated rings. The van der Waals surface area contributed by atoms with Crippen molar-refractivity contribution < 1.29 is 32.4 Å². The smallest absolute Gasteiger partial charge is 0.285 e. The molecule has 0 unspecified atom stereocenters. The molecule has 0 spiro atoms. The molecule has 3 rings (SSSR count). The Morgan fingerprint density at radius 2 is 1.56 bits per heavy atom. The third kappa shape index (κ3) is 9.46. The number of rotatable bonds is 9. The summed E-state index contributed by atoms with van der Waals surface area (Å²) >= 11 is 0. The van der Waals surface area contributed by atoms with Gasteiger partial charge in [-0.05, 0) is 41.4 Å². The van der Waals surface area contributed by atoms with Gasteiger partial charge in [-0.2, -0.15) is 0 Å². The zero-order valence-electron chi connectivity index (χ0n) is 28.6. The molecular weight excluding hydrogens is 594 g/mol. The molecule has 11 heteroatoms. The van der Waals surface area contributed by atoms with E-state index in [1.165, 1.54) is 11.4 Å². The Kier molecular flexibility index (Phi) is 12.2. The molecule has 0 radical (unpaired) electrons. The number of primary amides is 1. The second kappa shape index (κ2) is 14.7. The van der Waals surface area contributed by atoms with Gasteiger partial charge in [0, 0.05) is 51.2 Å². The third-order valence-corrected chi connectivity index (χ3v) is 12.3. The molecule has 0 aromatic rings. The number of fused-ring (bicyclic) bond motifs is 3. The van der Waals surface area contributed by atoms with Crippen molar-refractivity contribution in [2.45, 2.75) is 118 Å². The van der Waals surface area contributed by atoms with Gasteiger partial charge in [-0.15, -0.1) is 0 Å². The molecule has 10 nitrogen and oxygen atoms in total. The van der Waals surface area contributed by atoms with Gasteiger partial charge in [0.2, 0.25) is 21.7 Å². The summed E-state index contributed by atoms with van der Waals surface area (Å²) in [4.78, 5) is 68.1. The molecule has 0 bridgehead atoms. The van der Waals surface area contributed by atoms with Crippen molar-refractivity contribution in [1.82, 2.24) is 9.21 Å². The van der Waals surface area contributed by atoms with E-state index in [0.717, 1.165) is 51.2 Å². The molecule has 3 aliphatic rings. The highest BCUT2D eigenvalue weighted by molar-refractivity contribution is 7.88. The van der Waals surface area contributed by atoms with Crippen LogP contribution >= 0.6 is 0 Å². The first-order valence-electron chi connectivity index (χ1n) is 16.9. The van der Waals surface area contributed by atoms with Gasteiger partial charge >= 0.3 is 0 Å². The van der Waals surface area contributed by atoms with Gasteiger partial charge < -0.3 is 10.6 Å². The van der Waals surface area contributed by atoms with E-state index in [4.69, 9.17) is 5.73 Å². The lowest BCUT2D eigenvalue weighted by Gasteiger charge is -2.35. The molecule has 45 heavy (non-hydrogen) atoms. The number of carbonyl (C=O) groups is 5.